The minimum absolute atomic E-state index is 0.118. The lowest BCUT2D eigenvalue weighted by molar-refractivity contribution is -0.144. The third kappa shape index (κ3) is 1.86. The molecule has 0 spiro atoms. The lowest BCUT2D eigenvalue weighted by atomic mass is 9.85. The fraction of sp³-hybridized carbons (Fsp3) is 0.412. The van der Waals surface area contributed by atoms with Crippen LogP contribution in [0.2, 0.25) is 0 Å². The third-order valence-electron chi connectivity index (χ3n) is 4.92. The van der Waals surface area contributed by atoms with E-state index in [1.54, 1.807) is 0 Å². The van der Waals surface area contributed by atoms with Gasteiger partial charge < -0.3 is 4.74 Å². The molecule has 1 unspecified atom stereocenters. The minimum atomic E-state index is -0.650. The number of nitrogens with zero attached hydrogens (tertiary/aromatic N) is 1. The van der Waals surface area contributed by atoms with Crippen molar-refractivity contribution in [1.82, 2.24) is 10.2 Å². The van der Waals surface area contributed by atoms with Crippen LogP contribution in [-0.4, -0.2) is 35.1 Å². The summed E-state index contributed by atoms with van der Waals surface area (Å²) in [6, 6.07) is 9.39. The van der Waals surface area contributed by atoms with Crippen molar-refractivity contribution in [3.63, 3.8) is 0 Å². The monoisotopic (exact) mass is 298 g/mol. The van der Waals surface area contributed by atoms with Gasteiger partial charge in [0.05, 0.1) is 12.0 Å². The first kappa shape index (κ1) is 13.7. The Labute approximate surface area is 128 Å². The number of benzene rings is 1. The van der Waals surface area contributed by atoms with E-state index < -0.39 is 11.5 Å². The number of carbonyl (C=O) groups is 2. The van der Waals surface area contributed by atoms with Crippen molar-refractivity contribution in [2.75, 3.05) is 6.54 Å². The standard InChI is InChI=1S/C17H18N2O3/c1-11(12-5-3-2-4-6-12)19-15(20)9-13(16(19)21)17-8-7-14(22-17)18-10-17/h2-8,11,13-14,18H,9-10H2,1H3/t11-,13?,14-,17+/m1/s1. The Hall–Kier alpha value is -1.98. The third-order valence-corrected chi connectivity index (χ3v) is 4.92. The zero-order chi connectivity index (χ0) is 15.3. The van der Waals surface area contributed by atoms with Gasteiger partial charge in [0.15, 0.2) is 0 Å². The predicted octanol–water partition coefficient (Wildman–Crippen LogP) is 1.38. The largest absolute Gasteiger partial charge is 0.347 e. The molecular weight excluding hydrogens is 280 g/mol. The van der Waals surface area contributed by atoms with E-state index in [-0.39, 0.29) is 30.5 Å². The highest BCUT2D eigenvalue weighted by Crippen LogP contribution is 2.42. The molecule has 2 saturated heterocycles. The molecule has 3 heterocycles. The zero-order valence-corrected chi connectivity index (χ0v) is 12.4. The molecule has 5 nitrogen and oxygen atoms in total. The van der Waals surface area contributed by atoms with E-state index in [1.165, 1.54) is 4.90 Å². The summed E-state index contributed by atoms with van der Waals surface area (Å²) in [6.07, 6.45) is 3.96. The van der Waals surface area contributed by atoms with Crippen LogP contribution in [0.3, 0.4) is 0 Å². The maximum Gasteiger partial charge on any atom is 0.236 e. The molecule has 22 heavy (non-hydrogen) atoms. The van der Waals surface area contributed by atoms with Crippen molar-refractivity contribution < 1.29 is 14.3 Å². The van der Waals surface area contributed by atoms with Crippen LogP contribution in [0.25, 0.3) is 0 Å². The SMILES string of the molecule is C[C@H](c1ccccc1)N1C(=O)CC([C@]23C=C[C@H](NC2)O3)C1=O. The van der Waals surface area contributed by atoms with Crippen LogP contribution in [0.1, 0.15) is 24.9 Å². The summed E-state index contributed by atoms with van der Waals surface area (Å²) in [5.41, 5.74) is 0.315. The molecule has 4 rings (SSSR count). The Bertz CT molecular complexity index is 657. The number of amides is 2. The Morgan fingerprint density at radius 2 is 2.09 bits per heavy atom. The second kappa shape index (κ2) is 4.76. The van der Waals surface area contributed by atoms with Gasteiger partial charge in [-0.2, -0.15) is 0 Å². The first-order valence-corrected chi connectivity index (χ1v) is 7.62. The van der Waals surface area contributed by atoms with Crippen molar-refractivity contribution >= 4 is 11.8 Å². The van der Waals surface area contributed by atoms with E-state index in [1.807, 2.05) is 49.4 Å². The summed E-state index contributed by atoms with van der Waals surface area (Å²) >= 11 is 0. The molecule has 1 N–H and O–H groups in total. The average molecular weight is 298 g/mol. The number of fused-ring (bicyclic) bond motifs is 2. The van der Waals surface area contributed by atoms with E-state index in [0.29, 0.717) is 6.54 Å². The quantitative estimate of drug-likeness (QED) is 0.676. The Morgan fingerprint density at radius 1 is 1.32 bits per heavy atom. The van der Waals surface area contributed by atoms with Crippen LogP contribution in [0.15, 0.2) is 42.5 Å². The van der Waals surface area contributed by atoms with Gasteiger partial charge in [-0.3, -0.25) is 19.8 Å². The fourth-order valence-electron chi connectivity index (χ4n) is 3.68. The number of hydrogen-bond donors (Lipinski definition) is 1. The van der Waals surface area contributed by atoms with Crippen LogP contribution in [0.4, 0.5) is 0 Å². The molecule has 1 aromatic carbocycles. The lowest BCUT2D eigenvalue weighted by Crippen LogP contribution is -2.44. The summed E-state index contributed by atoms with van der Waals surface area (Å²) in [6.45, 7) is 2.48. The average Bonchev–Trinajstić information content (AvgIpc) is 3.22. The van der Waals surface area contributed by atoms with Crippen LogP contribution >= 0.6 is 0 Å². The molecule has 2 bridgehead atoms. The van der Waals surface area contributed by atoms with Crippen molar-refractivity contribution in [3.8, 4) is 0 Å². The van der Waals surface area contributed by atoms with E-state index in [2.05, 4.69) is 5.32 Å². The number of imide groups is 1. The van der Waals surface area contributed by atoms with Crippen LogP contribution < -0.4 is 5.32 Å². The summed E-state index contributed by atoms with van der Waals surface area (Å²) in [5, 5.41) is 3.19. The van der Waals surface area contributed by atoms with Crippen molar-refractivity contribution in [3.05, 3.63) is 48.0 Å². The highest BCUT2D eigenvalue weighted by atomic mass is 16.5. The number of carbonyl (C=O) groups excluding carboxylic acids is 2. The van der Waals surface area contributed by atoms with Crippen molar-refractivity contribution in [2.45, 2.75) is 31.2 Å². The molecule has 2 fully saturated rings. The molecular formula is C17H18N2O3. The van der Waals surface area contributed by atoms with Gasteiger partial charge in [-0.15, -0.1) is 0 Å². The smallest absolute Gasteiger partial charge is 0.236 e. The first-order valence-electron chi connectivity index (χ1n) is 7.62. The highest BCUT2D eigenvalue weighted by molar-refractivity contribution is 6.04. The fourth-order valence-corrected chi connectivity index (χ4v) is 3.68. The Balaban J connectivity index is 1.62. The number of nitrogens with one attached hydrogen (secondary N) is 1. The van der Waals surface area contributed by atoms with Gasteiger partial charge in [-0.25, -0.2) is 0 Å². The maximum absolute atomic E-state index is 12.9. The summed E-state index contributed by atoms with van der Waals surface area (Å²) in [4.78, 5) is 26.7. The maximum atomic E-state index is 12.9. The topological polar surface area (TPSA) is 58.6 Å². The van der Waals surface area contributed by atoms with Gasteiger partial charge in [-0.1, -0.05) is 36.4 Å². The molecule has 3 aliphatic rings. The molecule has 5 heteroatoms. The summed E-state index contributed by atoms with van der Waals surface area (Å²) in [5.74, 6) is -0.675. The van der Waals surface area contributed by atoms with Crippen LogP contribution in [0, 0.1) is 5.92 Å². The summed E-state index contributed by atoms with van der Waals surface area (Å²) in [7, 11) is 0. The lowest BCUT2D eigenvalue weighted by Gasteiger charge is -2.28. The summed E-state index contributed by atoms with van der Waals surface area (Å²) < 4.78 is 5.87. The molecule has 0 aliphatic carbocycles. The van der Waals surface area contributed by atoms with Crippen LogP contribution in [0.5, 0.6) is 0 Å². The molecule has 1 aromatic rings. The minimum Gasteiger partial charge on any atom is -0.347 e. The molecule has 114 valence electrons. The predicted molar refractivity (Wildman–Crippen MR) is 79.6 cm³/mol. The van der Waals surface area contributed by atoms with Gasteiger partial charge in [0, 0.05) is 13.0 Å². The number of likely N-dealkylation sites (tertiary alicyclic amines) is 1. The van der Waals surface area contributed by atoms with E-state index in [4.69, 9.17) is 4.74 Å². The number of rotatable bonds is 3. The Kier molecular flexibility index (Phi) is 2.96. The Morgan fingerprint density at radius 3 is 2.68 bits per heavy atom. The second-order valence-corrected chi connectivity index (χ2v) is 6.18. The van der Waals surface area contributed by atoms with E-state index in [9.17, 15) is 9.59 Å². The van der Waals surface area contributed by atoms with Gasteiger partial charge in [-0.05, 0) is 18.6 Å². The number of hydrogen-bond acceptors (Lipinski definition) is 4. The van der Waals surface area contributed by atoms with Crippen molar-refractivity contribution in [2.24, 2.45) is 5.92 Å². The first-order chi connectivity index (χ1) is 10.6. The van der Waals surface area contributed by atoms with Gasteiger partial charge in [0.25, 0.3) is 0 Å². The second-order valence-electron chi connectivity index (χ2n) is 6.18. The molecule has 4 atom stereocenters. The van der Waals surface area contributed by atoms with E-state index >= 15 is 0 Å². The van der Waals surface area contributed by atoms with Gasteiger partial charge in [0.2, 0.25) is 11.8 Å². The van der Waals surface area contributed by atoms with Gasteiger partial charge in [0.1, 0.15) is 11.8 Å². The highest BCUT2D eigenvalue weighted by Gasteiger charge is 2.56. The molecule has 0 radical (unpaired) electrons. The molecule has 2 amide bonds. The van der Waals surface area contributed by atoms with Crippen molar-refractivity contribution in [1.29, 1.82) is 0 Å². The zero-order valence-electron chi connectivity index (χ0n) is 12.4. The van der Waals surface area contributed by atoms with E-state index in [0.717, 1.165) is 5.56 Å². The molecule has 3 aliphatic heterocycles. The normalized spacial score (nSPS) is 34.7. The molecule has 0 aromatic heterocycles. The number of ether oxygens (including phenoxy) is 1. The van der Waals surface area contributed by atoms with Gasteiger partial charge >= 0.3 is 0 Å². The molecule has 0 saturated carbocycles. The van der Waals surface area contributed by atoms with Crippen LogP contribution in [-0.2, 0) is 14.3 Å².